The quantitative estimate of drug-likeness (QED) is 0.0937. The van der Waals surface area contributed by atoms with Crippen LogP contribution < -0.4 is 9.47 Å². The minimum Gasteiger partial charge on any atom is -0.487 e. The average molecular weight is 657 g/mol. The van der Waals surface area contributed by atoms with Gasteiger partial charge >= 0.3 is 11.9 Å². The Balaban J connectivity index is 1.69. The summed E-state index contributed by atoms with van der Waals surface area (Å²) in [4.78, 5) is 23.2. The molecule has 1 aliphatic heterocycles. The van der Waals surface area contributed by atoms with E-state index in [0.717, 1.165) is 70.9 Å². The SMILES string of the molecule is Cc1c(C)c2c(c(C)c1OC(=O)CCC(=O)O)CC[C@@](C)(CCC(C)CCCC(C)CCCC(C)CCCC(C)CCCC(C)C)O2. The lowest BCUT2D eigenvalue weighted by Gasteiger charge is -2.39. The number of carbonyl (C=O) groups excluding carboxylic acids is 1. The molecule has 0 aliphatic carbocycles. The van der Waals surface area contributed by atoms with Crippen LogP contribution in [-0.2, 0) is 16.0 Å². The maximum atomic E-state index is 12.3. The highest BCUT2D eigenvalue weighted by atomic mass is 16.5. The van der Waals surface area contributed by atoms with Crippen molar-refractivity contribution in [1.82, 2.24) is 0 Å². The smallest absolute Gasteiger partial charge is 0.311 e. The van der Waals surface area contributed by atoms with Crippen molar-refractivity contribution in [2.45, 2.75) is 190 Å². The molecule has 0 spiro atoms. The molecule has 5 heteroatoms. The Labute approximate surface area is 289 Å². The van der Waals surface area contributed by atoms with Gasteiger partial charge in [-0.25, -0.2) is 0 Å². The molecule has 1 heterocycles. The Hall–Kier alpha value is -2.04. The van der Waals surface area contributed by atoms with E-state index in [1.54, 1.807) is 0 Å². The first-order valence-electron chi connectivity index (χ1n) is 19.4. The second kappa shape index (κ2) is 20.5. The first-order valence-corrected chi connectivity index (χ1v) is 19.4. The van der Waals surface area contributed by atoms with Crippen molar-refractivity contribution in [3.05, 3.63) is 22.3 Å². The number of esters is 1. The molecule has 0 saturated carbocycles. The van der Waals surface area contributed by atoms with Crippen LogP contribution in [0.1, 0.15) is 180 Å². The number of carboxylic acid groups (broad SMARTS) is 1. The minimum atomic E-state index is -0.998. The predicted octanol–water partition coefficient (Wildman–Crippen LogP) is 12.1. The van der Waals surface area contributed by atoms with Crippen molar-refractivity contribution in [2.24, 2.45) is 29.6 Å². The molecule has 47 heavy (non-hydrogen) atoms. The Kier molecular flexibility index (Phi) is 17.9. The second-order valence-corrected chi connectivity index (χ2v) is 16.5. The van der Waals surface area contributed by atoms with Gasteiger partial charge in [0.15, 0.2) is 0 Å². The van der Waals surface area contributed by atoms with Crippen LogP contribution in [-0.4, -0.2) is 22.6 Å². The molecule has 0 amide bonds. The normalized spacial score (nSPS) is 18.7. The zero-order valence-corrected chi connectivity index (χ0v) is 32.2. The van der Waals surface area contributed by atoms with E-state index in [9.17, 15) is 9.59 Å². The Morgan fingerprint density at radius 3 is 1.64 bits per heavy atom. The van der Waals surface area contributed by atoms with E-state index in [1.807, 2.05) is 20.8 Å². The van der Waals surface area contributed by atoms with Crippen LogP contribution in [0.25, 0.3) is 0 Å². The van der Waals surface area contributed by atoms with Gasteiger partial charge in [0.25, 0.3) is 0 Å². The average Bonchev–Trinajstić information content (AvgIpc) is 3.00. The van der Waals surface area contributed by atoms with Gasteiger partial charge in [-0.1, -0.05) is 119 Å². The van der Waals surface area contributed by atoms with Gasteiger partial charge in [0.1, 0.15) is 17.1 Å². The predicted molar refractivity (Wildman–Crippen MR) is 197 cm³/mol. The van der Waals surface area contributed by atoms with E-state index >= 15 is 0 Å². The van der Waals surface area contributed by atoms with Crippen molar-refractivity contribution >= 4 is 11.9 Å². The summed E-state index contributed by atoms with van der Waals surface area (Å²) in [6.07, 6.45) is 20.2. The van der Waals surface area contributed by atoms with Gasteiger partial charge in [-0.05, 0) is 99.7 Å². The molecule has 1 aliphatic rings. The maximum absolute atomic E-state index is 12.3. The molecule has 1 aromatic carbocycles. The van der Waals surface area contributed by atoms with E-state index in [2.05, 4.69) is 48.5 Å². The van der Waals surface area contributed by atoms with Crippen molar-refractivity contribution in [3.63, 3.8) is 0 Å². The molecule has 1 aromatic rings. The Bertz CT molecular complexity index is 1110. The topological polar surface area (TPSA) is 72.8 Å². The van der Waals surface area contributed by atoms with Gasteiger partial charge in [0.2, 0.25) is 0 Å². The molecule has 5 atom stereocenters. The summed E-state index contributed by atoms with van der Waals surface area (Å²) in [5.74, 6) is 4.12. The molecule has 5 nitrogen and oxygen atoms in total. The van der Waals surface area contributed by atoms with Gasteiger partial charge in [0, 0.05) is 5.56 Å². The molecule has 0 bridgehead atoms. The number of aliphatic carboxylic acids is 1. The summed E-state index contributed by atoms with van der Waals surface area (Å²) in [5.41, 5.74) is 3.76. The molecular formula is C42H72O5. The van der Waals surface area contributed by atoms with Crippen LogP contribution >= 0.6 is 0 Å². The fraction of sp³-hybridized carbons (Fsp3) is 0.810. The summed E-state index contributed by atoms with van der Waals surface area (Å²) in [6.45, 7) is 22.7. The lowest BCUT2D eigenvalue weighted by atomic mass is 9.83. The summed E-state index contributed by atoms with van der Waals surface area (Å²) in [5, 5.41) is 8.91. The Morgan fingerprint density at radius 1 is 0.702 bits per heavy atom. The third-order valence-electron chi connectivity index (χ3n) is 11.1. The zero-order chi connectivity index (χ0) is 35.1. The van der Waals surface area contributed by atoms with Gasteiger partial charge < -0.3 is 14.6 Å². The van der Waals surface area contributed by atoms with Crippen LogP contribution in [0.2, 0.25) is 0 Å². The van der Waals surface area contributed by atoms with E-state index in [-0.39, 0.29) is 18.4 Å². The van der Waals surface area contributed by atoms with Gasteiger partial charge in [-0.3, -0.25) is 9.59 Å². The van der Waals surface area contributed by atoms with Crippen molar-refractivity contribution < 1.29 is 24.2 Å². The highest BCUT2D eigenvalue weighted by Crippen LogP contribution is 2.45. The van der Waals surface area contributed by atoms with Crippen LogP contribution in [0.15, 0.2) is 0 Å². The minimum absolute atomic E-state index is 0.131. The maximum Gasteiger partial charge on any atom is 0.311 e. The van der Waals surface area contributed by atoms with Crippen LogP contribution in [0.5, 0.6) is 11.5 Å². The van der Waals surface area contributed by atoms with Gasteiger partial charge in [0.05, 0.1) is 12.8 Å². The summed E-state index contributed by atoms with van der Waals surface area (Å²) in [7, 11) is 0. The number of carboxylic acids is 1. The largest absolute Gasteiger partial charge is 0.487 e. The van der Waals surface area contributed by atoms with Crippen molar-refractivity contribution in [3.8, 4) is 11.5 Å². The standard InChI is InChI=1S/C42H72O5/c1-29(2)15-11-16-30(3)17-12-18-31(4)19-13-20-32(5)21-14-22-33(6)25-27-42(10)28-26-37-36(9)40(34(7)35(8)41(37)47-42)46-39(45)24-23-38(43)44/h29-33H,11-28H2,1-10H3,(H,43,44)/t30?,31?,32?,33?,42-/m1/s1. The first-order chi connectivity index (χ1) is 22.1. The number of fused-ring (bicyclic) bond motifs is 1. The van der Waals surface area contributed by atoms with Crippen LogP contribution in [0.4, 0.5) is 0 Å². The molecule has 0 saturated heterocycles. The lowest BCUT2D eigenvalue weighted by molar-refractivity contribution is -0.142. The van der Waals surface area contributed by atoms with Crippen LogP contribution in [0, 0.1) is 50.4 Å². The first kappa shape index (κ1) is 41.1. The zero-order valence-electron chi connectivity index (χ0n) is 32.2. The molecule has 4 unspecified atom stereocenters. The number of benzene rings is 1. The monoisotopic (exact) mass is 657 g/mol. The van der Waals surface area contributed by atoms with E-state index in [0.29, 0.717) is 11.7 Å². The molecule has 270 valence electrons. The summed E-state index contributed by atoms with van der Waals surface area (Å²) >= 11 is 0. The molecule has 0 aromatic heterocycles. The molecule has 0 fully saturated rings. The van der Waals surface area contributed by atoms with Crippen molar-refractivity contribution in [2.75, 3.05) is 0 Å². The van der Waals surface area contributed by atoms with Gasteiger partial charge in [-0.15, -0.1) is 0 Å². The molecular weight excluding hydrogens is 584 g/mol. The van der Waals surface area contributed by atoms with E-state index < -0.39 is 11.9 Å². The second-order valence-electron chi connectivity index (χ2n) is 16.5. The number of rotatable bonds is 23. The van der Waals surface area contributed by atoms with E-state index in [4.69, 9.17) is 14.6 Å². The van der Waals surface area contributed by atoms with E-state index in [1.165, 1.54) is 83.5 Å². The number of carbonyl (C=O) groups is 2. The highest BCUT2D eigenvalue weighted by Gasteiger charge is 2.35. The lowest BCUT2D eigenvalue weighted by Crippen LogP contribution is -2.37. The fourth-order valence-corrected chi connectivity index (χ4v) is 7.43. The third-order valence-corrected chi connectivity index (χ3v) is 11.1. The third kappa shape index (κ3) is 14.9. The summed E-state index contributed by atoms with van der Waals surface area (Å²) in [6, 6.07) is 0. The highest BCUT2D eigenvalue weighted by molar-refractivity contribution is 5.79. The molecule has 1 N–H and O–H groups in total. The number of hydrogen-bond donors (Lipinski definition) is 1. The molecule has 0 radical (unpaired) electrons. The summed E-state index contributed by atoms with van der Waals surface area (Å²) < 4.78 is 12.4. The van der Waals surface area contributed by atoms with Crippen LogP contribution in [0.3, 0.4) is 0 Å². The van der Waals surface area contributed by atoms with Gasteiger partial charge in [-0.2, -0.15) is 0 Å². The van der Waals surface area contributed by atoms with Crippen molar-refractivity contribution in [1.29, 1.82) is 0 Å². The Morgan fingerprint density at radius 2 is 1.17 bits per heavy atom. The number of hydrogen-bond acceptors (Lipinski definition) is 4. The number of ether oxygens (including phenoxy) is 2. The molecule has 2 rings (SSSR count). The fourth-order valence-electron chi connectivity index (χ4n) is 7.43.